The lowest BCUT2D eigenvalue weighted by Gasteiger charge is -2.05. The second kappa shape index (κ2) is 7.70. The van der Waals surface area contributed by atoms with Gasteiger partial charge in [0.1, 0.15) is 0 Å². The molecule has 0 aliphatic heterocycles. The lowest BCUT2D eigenvalue weighted by atomic mass is 10.4. The summed E-state index contributed by atoms with van der Waals surface area (Å²) in [5, 5.41) is 5.58. The SMILES string of the molecule is Brc1csc(CNCCSc2ccccc2Br)c1. The van der Waals surface area contributed by atoms with Gasteiger partial charge in [0.05, 0.1) is 0 Å². The van der Waals surface area contributed by atoms with E-state index >= 15 is 0 Å². The molecule has 0 spiro atoms. The van der Waals surface area contributed by atoms with Gasteiger partial charge in [0.15, 0.2) is 0 Å². The predicted molar refractivity (Wildman–Crippen MR) is 88.6 cm³/mol. The Kier molecular flexibility index (Phi) is 6.24. The van der Waals surface area contributed by atoms with E-state index in [-0.39, 0.29) is 0 Å². The quantitative estimate of drug-likeness (QED) is 0.525. The van der Waals surface area contributed by atoms with Crippen molar-refractivity contribution in [2.75, 3.05) is 12.3 Å². The maximum Gasteiger partial charge on any atom is 0.0311 e. The maximum atomic E-state index is 3.56. The molecule has 18 heavy (non-hydrogen) atoms. The molecule has 0 amide bonds. The first-order valence-corrected chi connectivity index (χ1v) is 9.02. The zero-order valence-electron chi connectivity index (χ0n) is 9.66. The Labute approximate surface area is 133 Å². The van der Waals surface area contributed by atoms with Gasteiger partial charge in [-0.3, -0.25) is 0 Å². The molecule has 5 heteroatoms. The van der Waals surface area contributed by atoms with Crippen molar-refractivity contribution in [1.29, 1.82) is 0 Å². The third-order valence-electron chi connectivity index (χ3n) is 2.29. The number of nitrogens with one attached hydrogen (secondary N) is 1. The van der Waals surface area contributed by atoms with Crippen molar-refractivity contribution in [2.24, 2.45) is 0 Å². The average molecular weight is 407 g/mol. The van der Waals surface area contributed by atoms with Crippen LogP contribution in [0.15, 0.2) is 49.6 Å². The van der Waals surface area contributed by atoms with Crippen LogP contribution >= 0.6 is 55.0 Å². The number of hydrogen-bond donors (Lipinski definition) is 1. The number of hydrogen-bond acceptors (Lipinski definition) is 3. The lowest BCUT2D eigenvalue weighted by molar-refractivity contribution is 0.741. The molecule has 1 nitrogen and oxygen atoms in total. The number of thiophene rings is 1. The highest BCUT2D eigenvalue weighted by Crippen LogP contribution is 2.26. The summed E-state index contributed by atoms with van der Waals surface area (Å²) in [5.41, 5.74) is 0. The van der Waals surface area contributed by atoms with E-state index in [1.54, 1.807) is 11.3 Å². The van der Waals surface area contributed by atoms with E-state index < -0.39 is 0 Å². The van der Waals surface area contributed by atoms with Crippen LogP contribution in [0.1, 0.15) is 4.88 Å². The molecule has 1 heterocycles. The van der Waals surface area contributed by atoms with Crippen LogP contribution in [0.4, 0.5) is 0 Å². The number of thioether (sulfide) groups is 1. The zero-order valence-corrected chi connectivity index (χ0v) is 14.5. The van der Waals surface area contributed by atoms with E-state index in [1.165, 1.54) is 18.7 Å². The standard InChI is InChI=1S/C13H13Br2NS2/c14-10-7-11(18-9-10)8-16-5-6-17-13-4-2-1-3-12(13)15/h1-4,7,9,16H,5-6,8H2. The molecule has 0 unspecified atom stereocenters. The maximum absolute atomic E-state index is 3.56. The van der Waals surface area contributed by atoms with Crippen LogP contribution < -0.4 is 5.32 Å². The van der Waals surface area contributed by atoms with E-state index in [0.717, 1.165) is 18.8 Å². The number of halogens is 2. The largest absolute Gasteiger partial charge is 0.311 e. The number of benzene rings is 1. The summed E-state index contributed by atoms with van der Waals surface area (Å²) in [6.07, 6.45) is 0. The molecule has 0 aliphatic rings. The van der Waals surface area contributed by atoms with Crippen molar-refractivity contribution in [3.05, 3.63) is 49.5 Å². The second-order valence-corrected chi connectivity index (χ2v) is 7.59. The summed E-state index contributed by atoms with van der Waals surface area (Å²) in [6, 6.07) is 10.5. The first-order chi connectivity index (χ1) is 8.75. The molecule has 1 aromatic carbocycles. The van der Waals surface area contributed by atoms with Crippen LogP contribution in [0.25, 0.3) is 0 Å². The van der Waals surface area contributed by atoms with Crippen LogP contribution in [0.3, 0.4) is 0 Å². The summed E-state index contributed by atoms with van der Waals surface area (Å²) in [6.45, 7) is 1.97. The molecule has 0 saturated heterocycles. The normalized spacial score (nSPS) is 10.8. The Morgan fingerprint density at radius 3 is 2.78 bits per heavy atom. The average Bonchev–Trinajstić information content (AvgIpc) is 2.77. The van der Waals surface area contributed by atoms with Crippen molar-refractivity contribution in [1.82, 2.24) is 5.32 Å². The van der Waals surface area contributed by atoms with Gasteiger partial charge in [0.25, 0.3) is 0 Å². The molecule has 1 aromatic heterocycles. The van der Waals surface area contributed by atoms with Crippen molar-refractivity contribution in [3.8, 4) is 0 Å². The molecule has 0 atom stereocenters. The number of rotatable bonds is 6. The van der Waals surface area contributed by atoms with Crippen molar-refractivity contribution < 1.29 is 0 Å². The molecular formula is C13H13Br2NS2. The van der Waals surface area contributed by atoms with Crippen molar-refractivity contribution >= 4 is 55.0 Å². The van der Waals surface area contributed by atoms with Gasteiger partial charge in [-0.2, -0.15) is 0 Å². The fourth-order valence-electron chi connectivity index (χ4n) is 1.45. The van der Waals surface area contributed by atoms with Crippen LogP contribution in [-0.2, 0) is 6.54 Å². The van der Waals surface area contributed by atoms with Crippen molar-refractivity contribution in [2.45, 2.75) is 11.4 Å². The third kappa shape index (κ3) is 4.70. The topological polar surface area (TPSA) is 12.0 Å². The van der Waals surface area contributed by atoms with E-state index in [2.05, 4.69) is 66.8 Å². The highest BCUT2D eigenvalue weighted by atomic mass is 79.9. The summed E-state index contributed by atoms with van der Waals surface area (Å²) >= 11 is 10.7. The molecular weight excluding hydrogens is 394 g/mol. The smallest absolute Gasteiger partial charge is 0.0311 e. The van der Waals surface area contributed by atoms with Gasteiger partial charge < -0.3 is 5.32 Å². The van der Waals surface area contributed by atoms with Gasteiger partial charge in [0.2, 0.25) is 0 Å². The van der Waals surface area contributed by atoms with E-state index in [1.807, 2.05) is 17.8 Å². The third-order valence-corrected chi connectivity index (χ3v) is 6.02. The highest BCUT2D eigenvalue weighted by molar-refractivity contribution is 9.10. The molecule has 0 fully saturated rings. The minimum atomic E-state index is 0.951. The molecule has 0 aliphatic carbocycles. The minimum absolute atomic E-state index is 0.951. The summed E-state index contributed by atoms with van der Waals surface area (Å²) in [7, 11) is 0. The van der Waals surface area contributed by atoms with E-state index in [4.69, 9.17) is 0 Å². The second-order valence-electron chi connectivity index (χ2n) is 3.69. The molecule has 96 valence electrons. The molecule has 2 rings (SSSR count). The predicted octanol–water partition coefficient (Wildman–Crippen LogP) is 5.16. The van der Waals surface area contributed by atoms with Gasteiger partial charge in [-0.05, 0) is 50.1 Å². The Balaban J connectivity index is 1.66. The summed E-state index contributed by atoms with van der Waals surface area (Å²) in [5.74, 6) is 1.08. The minimum Gasteiger partial charge on any atom is -0.311 e. The van der Waals surface area contributed by atoms with Gasteiger partial charge in [0, 0.05) is 42.9 Å². The van der Waals surface area contributed by atoms with Crippen LogP contribution in [0.5, 0.6) is 0 Å². The van der Waals surface area contributed by atoms with Crippen LogP contribution in [0.2, 0.25) is 0 Å². The Hall–Kier alpha value is 0.190. The monoisotopic (exact) mass is 405 g/mol. The fourth-order valence-corrected chi connectivity index (χ4v) is 4.35. The fraction of sp³-hybridized carbons (Fsp3) is 0.231. The van der Waals surface area contributed by atoms with Gasteiger partial charge in [-0.25, -0.2) is 0 Å². The Morgan fingerprint density at radius 2 is 2.06 bits per heavy atom. The lowest BCUT2D eigenvalue weighted by Crippen LogP contribution is -2.15. The first kappa shape index (κ1) is 14.6. The van der Waals surface area contributed by atoms with E-state index in [0.29, 0.717) is 0 Å². The van der Waals surface area contributed by atoms with Gasteiger partial charge >= 0.3 is 0 Å². The van der Waals surface area contributed by atoms with Crippen molar-refractivity contribution in [3.63, 3.8) is 0 Å². The van der Waals surface area contributed by atoms with Crippen LogP contribution in [-0.4, -0.2) is 12.3 Å². The van der Waals surface area contributed by atoms with Crippen LogP contribution in [0, 0.1) is 0 Å². The molecule has 0 saturated carbocycles. The molecule has 2 aromatic rings. The molecule has 0 bridgehead atoms. The molecule has 0 radical (unpaired) electrons. The Morgan fingerprint density at radius 1 is 1.22 bits per heavy atom. The summed E-state index contributed by atoms with van der Waals surface area (Å²) < 4.78 is 2.35. The first-order valence-electron chi connectivity index (χ1n) is 5.56. The van der Waals surface area contributed by atoms with Gasteiger partial charge in [-0.15, -0.1) is 23.1 Å². The van der Waals surface area contributed by atoms with Gasteiger partial charge in [-0.1, -0.05) is 12.1 Å². The highest BCUT2D eigenvalue weighted by Gasteiger charge is 1.99. The van der Waals surface area contributed by atoms with E-state index in [9.17, 15) is 0 Å². The molecule has 1 N–H and O–H groups in total. The Bertz CT molecular complexity index is 499. The zero-order chi connectivity index (χ0) is 12.8. The summed E-state index contributed by atoms with van der Waals surface area (Å²) in [4.78, 5) is 2.67.